The van der Waals surface area contributed by atoms with Crippen molar-refractivity contribution in [2.45, 2.75) is 46.6 Å². The highest BCUT2D eigenvalue weighted by Crippen LogP contribution is 2.23. The van der Waals surface area contributed by atoms with Gasteiger partial charge < -0.3 is 19.9 Å². The quantitative estimate of drug-likeness (QED) is 0.796. The zero-order valence-electron chi connectivity index (χ0n) is 15.3. The van der Waals surface area contributed by atoms with Gasteiger partial charge in [-0.25, -0.2) is 4.79 Å². The molecule has 0 spiro atoms. The van der Waals surface area contributed by atoms with Crippen molar-refractivity contribution in [1.29, 1.82) is 0 Å². The molecule has 0 aromatic carbocycles. The number of aryl methyl sites for hydroxylation is 1. The number of hydrogen-bond donors (Lipinski definition) is 2. The molecule has 0 aliphatic rings. The molecule has 25 heavy (non-hydrogen) atoms. The van der Waals surface area contributed by atoms with Gasteiger partial charge in [-0.3, -0.25) is 4.98 Å². The first-order valence-electron chi connectivity index (χ1n) is 8.25. The van der Waals surface area contributed by atoms with Gasteiger partial charge in [-0.15, -0.1) is 0 Å². The van der Waals surface area contributed by atoms with Crippen LogP contribution in [-0.4, -0.2) is 34.8 Å². The monoisotopic (exact) mass is 347 g/mol. The fourth-order valence-electron chi connectivity index (χ4n) is 2.36. The zero-order chi connectivity index (χ0) is 18.4. The zero-order valence-corrected chi connectivity index (χ0v) is 15.3. The third kappa shape index (κ3) is 4.91. The van der Waals surface area contributed by atoms with Crippen LogP contribution in [0.2, 0.25) is 0 Å². The minimum Gasteiger partial charge on any atom is -0.496 e. The summed E-state index contributed by atoms with van der Waals surface area (Å²) in [4.78, 5) is 20.5. The predicted octanol–water partition coefficient (Wildman–Crippen LogP) is 2.26. The molecule has 0 atom stereocenters. The van der Waals surface area contributed by atoms with Gasteiger partial charge in [0.25, 0.3) is 0 Å². The van der Waals surface area contributed by atoms with Crippen LogP contribution in [0, 0.1) is 13.8 Å². The summed E-state index contributed by atoms with van der Waals surface area (Å²) < 4.78 is 10.5. The van der Waals surface area contributed by atoms with E-state index in [-0.39, 0.29) is 11.9 Å². The van der Waals surface area contributed by atoms with Gasteiger partial charge >= 0.3 is 6.03 Å². The molecule has 2 amide bonds. The van der Waals surface area contributed by atoms with Crippen LogP contribution in [0.3, 0.4) is 0 Å². The van der Waals surface area contributed by atoms with Crippen LogP contribution in [0.1, 0.15) is 48.3 Å². The van der Waals surface area contributed by atoms with Crippen molar-refractivity contribution in [2.75, 3.05) is 13.7 Å². The Kier molecular flexibility index (Phi) is 6.32. The van der Waals surface area contributed by atoms with Gasteiger partial charge in [0.05, 0.1) is 19.3 Å². The van der Waals surface area contributed by atoms with Gasteiger partial charge in [-0.1, -0.05) is 19.0 Å². The Labute approximate surface area is 147 Å². The Morgan fingerprint density at radius 1 is 1.32 bits per heavy atom. The van der Waals surface area contributed by atoms with Crippen molar-refractivity contribution in [1.82, 2.24) is 25.8 Å². The number of carbonyl (C=O) groups is 1. The summed E-state index contributed by atoms with van der Waals surface area (Å²) in [6.07, 6.45) is 2.23. The number of rotatable bonds is 7. The first-order valence-corrected chi connectivity index (χ1v) is 8.25. The minimum absolute atomic E-state index is 0.219. The molecule has 2 heterocycles. The largest absolute Gasteiger partial charge is 0.496 e. The van der Waals surface area contributed by atoms with Crippen molar-refractivity contribution in [3.05, 3.63) is 34.7 Å². The van der Waals surface area contributed by atoms with Gasteiger partial charge in [-0.2, -0.15) is 4.98 Å². The lowest BCUT2D eigenvalue weighted by Gasteiger charge is -2.13. The van der Waals surface area contributed by atoms with Crippen LogP contribution in [-0.2, 0) is 13.0 Å². The van der Waals surface area contributed by atoms with Crippen LogP contribution < -0.4 is 15.4 Å². The van der Waals surface area contributed by atoms with Crippen molar-refractivity contribution in [3.8, 4) is 5.75 Å². The molecule has 0 unspecified atom stereocenters. The summed E-state index contributed by atoms with van der Waals surface area (Å²) in [5, 5.41) is 9.44. The maximum atomic E-state index is 11.9. The van der Waals surface area contributed by atoms with Crippen LogP contribution in [0.4, 0.5) is 4.79 Å². The molecular weight excluding hydrogens is 322 g/mol. The minimum atomic E-state index is -0.274. The van der Waals surface area contributed by atoms with E-state index in [2.05, 4.69) is 25.8 Å². The van der Waals surface area contributed by atoms with E-state index in [0.717, 1.165) is 22.6 Å². The summed E-state index contributed by atoms with van der Waals surface area (Å²) in [6.45, 7) is 8.59. The molecule has 0 saturated carbocycles. The van der Waals surface area contributed by atoms with Gasteiger partial charge in [0.15, 0.2) is 5.82 Å². The van der Waals surface area contributed by atoms with Crippen molar-refractivity contribution in [3.63, 3.8) is 0 Å². The number of urea groups is 1. The number of amides is 2. The molecule has 0 radical (unpaired) electrons. The second-order valence-electron chi connectivity index (χ2n) is 6.11. The third-order valence-corrected chi connectivity index (χ3v) is 3.79. The average Bonchev–Trinajstić information content (AvgIpc) is 3.04. The van der Waals surface area contributed by atoms with E-state index >= 15 is 0 Å². The summed E-state index contributed by atoms with van der Waals surface area (Å²) in [5.41, 5.74) is 2.67. The highest BCUT2D eigenvalue weighted by molar-refractivity contribution is 5.73. The first kappa shape index (κ1) is 18.7. The number of pyridine rings is 1. The highest BCUT2D eigenvalue weighted by Gasteiger charge is 2.12. The van der Waals surface area contributed by atoms with Crippen LogP contribution >= 0.6 is 0 Å². The molecule has 0 aliphatic heterocycles. The number of nitrogens with one attached hydrogen (secondary N) is 2. The lowest BCUT2D eigenvalue weighted by Crippen LogP contribution is -2.36. The predicted molar refractivity (Wildman–Crippen MR) is 92.6 cm³/mol. The number of nitrogens with zero attached hydrogens (tertiary/aromatic N) is 3. The molecule has 2 aromatic rings. The molecule has 0 fully saturated rings. The Bertz CT molecular complexity index is 727. The molecule has 8 heteroatoms. The molecule has 0 aliphatic carbocycles. The van der Waals surface area contributed by atoms with Crippen LogP contribution in [0.25, 0.3) is 0 Å². The molecule has 8 nitrogen and oxygen atoms in total. The molecular formula is C17H25N5O3. The van der Waals surface area contributed by atoms with Crippen LogP contribution in [0.15, 0.2) is 10.7 Å². The average molecular weight is 347 g/mol. The fourth-order valence-corrected chi connectivity index (χ4v) is 2.36. The normalized spacial score (nSPS) is 10.8. The van der Waals surface area contributed by atoms with E-state index in [9.17, 15) is 4.79 Å². The SMILES string of the molecule is COc1c(C)cnc(CNC(=O)NCCc2nc(C(C)C)no2)c1C. The second-order valence-corrected chi connectivity index (χ2v) is 6.11. The third-order valence-electron chi connectivity index (χ3n) is 3.79. The van der Waals surface area contributed by atoms with E-state index in [1.54, 1.807) is 13.3 Å². The first-order chi connectivity index (χ1) is 11.9. The summed E-state index contributed by atoms with van der Waals surface area (Å²) in [5.74, 6) is 2.21. The Morgan fingerprint density at radius 3 is 2.72 bits per heavy atom. The molecule has 0 bridgehead atoms. The molecule has 136 valence electrons. The molecule has 2 N–H and O–H groups in total. The van der Waals surface area contributed by atoms with Gasteiger partial charge in [0.2, 0.25) is 5.89 Å². The van der Waals surface area contributed by atoms with Crippen LogP contribution in [0.5, 0.6) is 5.75 Å². The lowest BCUT2D eigenvalue weighted by molar-refractivity contribution is 0.240. The van der Waals surface area contributed by atoms with E-state index in [4.69, 9.17) is 9.26 Å². The topological polar surface area (TPSA) is 102 Å². The Hall–Kier alpha value is -2.64. The van der Waals surface area contributed by atoms with Gasteiger partial charge in [0, 0.05) is 36.2 Å². The number of carbonyl (C=O) groups excluding carboxylic acids is 1. The summed E-state index contributed by atoms with van der Waals surface area (Å²) in [7, 11) is 1.63. The number of ether oxygens (including phenoxy) is 1. The maximum absolute atomic E-state index is 11.9. The van der Waals surface area contributed by atoms with E-state index < -0.39 is 0 Å². The van der Waals surface area contributed by atoms with E-state index in [1.807, 2.05) is 27.7 Å². The standard InChI is InChI=1S/C17H25N5O3/c1-10(2)16-21-14(25-22-16)6-7-18-17(23)20-9-13-12(4)15(24-5)11(3)8-19-13/h8,10H,6-7,9H2,1-5H3,(H2,18,20,23). The van der Waals surface area contributed by atoms with Gasteiger partial charge in [-0.05, 0) is 13.8 Å². The Morgan fingerprint density at radius 2 is 2.08 bits per heavy atom. The molecule has 0 saturated heterocycles. The lowest BCUT2D eigenvalue weighted by atomic mass is 10.1. The highest BCUT2D eigenvalue weighted by atomic mass is 16.5. The fraction of sp³-hybridized carbons (Fsp3) is 0.529. The van der Waals surface area contributed by atoms with Gasteiger partial charge in [0.1, 0.15) is 5.75 Å². The summed E-state index contributed by atoms with van der Waals surface area (Å²) >= 11 is 0. The number of hydrogen-bond acceptors (Lipinski definition) is 6. The smallest absolute Gasteiger partial charge is 0.315 e. The van der Waals surface area contributed by atoms with Crippen molar-refractivity contribution in [2.24, 2.45) is 0 Å². The second kappa shape index (κ2) is 8.46. The maximum Gasteiger partial charge on any atom is 0.315 e. The van der Waals surface area contributed by atoms with E-state index in [0.29, 0.717) is 31.2 Å². The molecule has 2 aromatic heterocycles. The van der Waals surface area contributed by atoms with Crippen molar-refractivity contribution < 1.29 is 14.1 Å². The number of methoxy groups -OCH3 is 1. The van der Waals surface area contributed by atoms with Crippen molar-refractivity contribution >= 4 is 6.03 Å². The number of aromatic nitrogens is 3. The molecule has 2 rings (SSSR count). The van der Waals surface area contributed by atoms with E-state index in [1.165, 1.54) is 0 Å². The summed E-state index contributed by atoms with van der Waals surface area (Å²) in [6, 6.07) is -0.274. The Balaban J connectivity index is 1.79.